The Morgan fingerprint density at radius 1 is 0.815 bits per heavy atom. The fourth-order valence-electron chi connectivity index (χ4n) is 2.49. The molecule has 0 unspecified atom stereocenters. The zero-order chi connectivity index (χ0) is 19.4. The summed E-state index contributed by atoms with van der Waals surface area (Å²) in [7, 11) is -3.13. The molecule has 0 spiro atoms. The van der Waals surface area contributed by atoms with Gasteiger partial charge in [-0.05, 0) is 60.7 Å². The summed E-state index contributed by atoms with van der Waals surface area (Å²) in [6.07, 6.45) is -0.103. The number of hydrogen-bond donors (Lipinski definition) is 0. The van der Waals surface area contributed by atoms with Gasteiger partial charge in [0.2, 0.25) is 0 Å². The first-order valence-electron chi connectivity index (χ1n) is 7.87. The third-order valence-corrected chi connectivity index (χ3v) is 7.21. The first-order chi connectivity index (χ1) is 12.9. The van der Waals surface area contributed by atoms with Gasteiger partial charge in [0, 0.05) is 32.8 Å². The van der Waals surface area contributed by atoms with Crippen molar-refractivity contribution in [3.63, 3.8) is 0 Å². The van der Waals surface area contributed by atoms with E-state index in [1.807, 2.05) is 0 Å². The SMILES string of the molecule is O=[N+]([O-])c1ccc(OCP(=O)(c2ccc(Cl)cc2)c2ccc(Cl)cc2)cc1. The van der Waals surface area contributed by atoms with E-state index in [2.05, 4.69) is 0 Å². The summed E-state index contributed by atoms with van der Waals surface area (Å²) < 4.78 is 19.6. The third kappa shape index (κ3) is 4.51. The molecular weight excluding hydrogens is 408 g/mol. The summed E-state index contributed by atoms with van der Waals surface area (Å²) in [6.45, 7) is 0. The minimum absolute atomic E-state index is 0.0408. The van der Waals surface area contributed by atoms with Crippen molar-refractivity contribution in [3.8, 4) is 5.75 Å². The number of nitro groups is 1. The van der Waals surface area contributed by atoms with Crippen LogP contribution in [-0.4, -0.2) is 11.3 Å². The standard InChI is InChI=1S/C19H14Cl2NO4P/c20-14-1-9-18(10-2-14)27(25,19-11-3-15(21)4-12-19)13-26-17-7-5-16(6-8-17)22(23)24/h1-12H,13H2. The van der Waals surface area contributed by atoms with Crippen LogP contribution in [0.3, 0.4) is 0 Å². The lowest BCUT2D eigenvalue weighted by Crippen LogP contribution is -2.21. The van der Waals surface area contributed by atoms with Gasteiger partial charge in [0.05, 0.1) is 4.92 Å². The first-order valence-corrected chi connectivity index (χ1v) is 10.5. The number of ether oxygens (including phenoxy) is 1. The number of benzene rings is 3. The molecule has 0 aliphatic carbocycles. The van der Waals surface area contributed by atoms with Gasteiger partial charge in [-0.1, -0.05) is 23.2 Å². The van der Waals surface area contributed by atoms with Crippen LogP contribution in [0, 0.1) is 10.1 Å². The van der Waals surface area contributed by atoms with Crippen molar-refractivity contribution in [1.82, 2.24) is 0 Å². The van der Waals surface area contributed by atoms with E-state index in [1.54, 1.807) is 48.5 Å². The lowest BCUT2D eigenvalue weighted by molar-refractivity contribution is -0.384. The molecule has 0 heterocycles. The highest BCUT2D eigenvalue weighted by molar-refractivity contribution is 7.78. The second kappa shape index (κ2) is 8.13. The van der Waals surface area contributed by atoms with Gasteiger partial charge in [0.25, 0.3) is 5.69 Å². The van der Waals surface area contributed by atoms with Crippen LogP contribution in [0.25, 0.3) is 0 Å². The predicted octanol–water partition coefficient (Wildman–Crippen LogP) is 5.25. The highest BCUT2D eigenvalue weighted by atomic mass is 35.5. The molecule has 0 aliphatic heterocycles. The van der Waals surface area contributed by atoms with Crippen LogP contribution in [0.5, 0.6) is 5.75 Å². The van der Waals surface area contributed by atoms with E-state index in [0.717, 1.165) is 0 Å². The van der Waals surface area contributed by atoms with Crippen molar-refractivity contribution in [1.29, 1.82) is 0 Å². The number of rotatable bonds is 6. The predicted molar refractivity (Wildman–Crippen MR) is 108 cm³/mol. The van der Waals surface area contributed by atoms with Gasteiger partial charge in [0.1, 0.15) is 12.1 Å². The second-order valence-electron chi connectivity index (χ2n) is 5.72. The van der Waals surface area contributed by atoms with Crippen LogP contribution in [0.1, 0.15) is 0 Å². The van der Waals surface area contributed by atoms with E-state index in [0.29, 0.717) is 26.4 Å². The number of non-ortho nitro benzene ring substituents is 1. The van der Waals surface area contributed by atoms with Crippen LogP contribution >= 0.6 is 30.3 Å². The van der Waals surface area contributed by atoms with Crippen molar-refractivity contribution in [2.45, 2.75) is 0 Å². The Morgan fingerprint density at radius 3 is 1.67 bits per heavy atom. The maximum atomic E-state index is 13.9. The highest BCUT2D eigenvalue weighted by Gasteiger charge is 2.28. The molecule has 3 rings (SSSR count). The second-order valence-corrected chi connectivity index (χ2v) is 9.36. The van der Waals surface area contributed by atoms with Gasteiger partial charge >= 0.3 is 0 Å². The molecular formula is C19H14Cl2NO4P. The largest absolute Gasteiger partial charge is 0.485 e. The lowest BCUT2D eigenvalue weighted by atomic mass is 10.3. The minimum Gasteiger partial charge on any atom is -0.485 e. The maximum absolute atomic E-state index is 13.9. The number of nitrogens with zero attached hydrogens (tertiary/aromatic N) is 1. The topological polar surface area (TPSA) is 69.4 Å². The first kappa shape index (κ1) is 19.4. The number of nitro benzene ring substituents is 1. The molecule has 0 atom stereocenters. The summed E-state index contributed by atoms with van der Waals surface area (Å²) in [5, 5.41) is 13.0. The van der Waals surface area contributed by atoms with E-state index in [-0.39, 0.29) is 12.0 Å². The molecule has 0 amide bonds. The maximum Gasteiger partial charge on any atom is 0.269 e. The summed E-state index contributed by atoms with van der Waals surface area (Å²) in [5.41, 5.74) is -0.0408. The molecule has 0 fully saturated rings. The third-order valence-electron chi connectivity index (χ3n) is 3.95. The normalized spacial score (nSPS) is 11.2. The van der Waals surface area contributed by atoms with Crippen molar-refractivity contribution >= 4 is 46.6 Å². The molecule has 5 nitrogen and oxygen atoms in total. The van der Waals surface area contributed by atoms with Gasteiger partial charge in [0.15, 0.2) is 7.14 Å². The quantitative estimate of drug-likeness (QED) is 0.309. The van der Waals surface area contributed by atoms with E-state index >= 15 is 0 Å². The zero-order valence-electron chi connectivity index (χ0n) is 13.9. The van der Waals surface area contributed by atoms with Gasteiger partial charge in [-0.15, -0.1) is 0 Å². The Hall–Kier alpha value is -2.33. The fourth-order valence-corrected chi connectivity index (χ4v) is 4.93. The molecule has 0 radical (unpaired) electrons. The van der Waals surface area contributed by atoms with E-state index in [9.17, 15) is 14.7 Å². The summed E-state index contributed by atoms with van der Waals surface area (Å²) in [6, 6.07) is 19.1. The molecule has 0 N–H and O–H groups in total. The zero-order valence-corrected chi connectivity index (χ0v) is 16.3. The molecule has 0 aliphatic rings. The van der Waals surface area contributed by atoms with E-state index < -0.39 is 12.1 Å². The molecule has 3 aromatic carbocycles. The summed E-state index contributed by atoms with van der Waals surface area (Å²) in [5.74, 6) is 0.392. The molecule has 3 aromatic rings. The summed E-state index contributed by atoms with van der Waals surface area (Å²) in [4.78, 5) is 10.3. The molecule has 8 heteroatoms. The Bertz CT molecular complexity index is 940. The van der Waals surface area contributed by atoms with Gasteiger partial charge in [-0.2, -0.15) is 0 Å². The smallest absolute Gasteiger partial charge is 0.269 e. The highest BCUT2D eigenvalue weighted by Crippen LogP contribution is 2.44. The van der Waals surface area contributed by atoms with Crippen LogP contribution < -0.4 is 15.3 Å². The van der Waals surface area contributed by atoms with Crippen molar-refractivity contribution in [2.75, 3.05) is 6.35 Å². The van der Waals surface area contributed by atoms with Crippen molar-refractivity contribution < 1.29 is 14.2 Å². The van der Waals surface area contributed by atoms with Crippen LogP contribution in [0.15, 0.2) is 72.8 Å². The lowest BCUT2D eigenvalue weighted by Gasteiger charge is -2.20. The Morgan fingerprint density at radius 2 is 1.26 bits per heavy atom. The molecule has 0 saturated carbocycles. The molecule has 0 bridgehead atoms. The van der Waals surface area contributed by atoms with Gasteiger partial charge in [-0.25, -0.2) is 0 Å². The molecule has 27 heavy (non-hydrogen) atoms. The van der Waals surface area contributed by atoms with Crippen molar-refractivity contribution in [3.05, 3.63) is 93.0 Å². The monoisotopic (exact) mass is 421 g/mol. The van der Waals surface area contributed by atoms with Crippen LogP contribution in [0.4, 0.5) is 5.69 Å². The number of halogens is 2. The minimum atomic E-state index is -3.13. The number of hydrogen-bond acceptors (Lipinski definition) is 4. The van der Waals surface area contributed by atoms with E-state index in [4.69, 9.17) is 27.9 Å². The van der Waals surface area contributed by atoms with Crippen LogP contribution in [0.2, 0.25) is 10.0 Å². The van der Waals surface area contributed by atoms with Crippen molar-refractivity contribution in [2.24, 2.45) is 0 Å². The Labute approximate surface area is 166 Å². The van der Waals surface area contributed by atoms with Crippen LogP contribution in [-0.2, 0) is 4.57 Å². The Balaban J connectivity index is 1.92. The average Bonchev–Trinajstić information content (AvgIpc) is 2.67. The van der Waals surface area contributed by atoms with Gasteiger partial charge in [-0.3, -0.25) is 10.1 Å². The molecule has 0 aromatic heterocycles. The summed E-state index contributed by atoms with van der Waals surface area (Å²) >= 11 is 11.9. The van der Waals surface area contributed by atoms with Gasteiger partial charge < -0.3 is 9.30 Å². The van der Waals surface area contributed by atoms with E-state index in [1.165, 1.54) is 24.3 Å². The fraction of sp³-hybridized carbons (Fsp3) is 0.0526. The Kier molecular flexibility index (Phi) is 5.85. The molecule has 0 saturated heterocycles. The molecule has 138 valence electrons. The average molecular weight is 422 g/mol.